The third-order valence-corrected chi connectivity index (χ3v) is 3.79. The largest absolute Gasteiger partial charge is 0.573 e. The Morgan fingerprint density at radius 2 is 1.95 bits per heavy atom. The van der Waals surface area contributed by atoms with Crippen LogP contribution in [0.15, 0.2) is 24.3 Å². The predicted molar refractivity (Wildman–Crippen MR) is 70.9 cm³/mol. The van der Waals surface area contributed by atoms with Crippen molar-refractivity contribution in [1.29, 1.82) is 0 Å². The molecule has 1 N–H and O–H groups in total. The van der Waals surface area contributed by atoms with Gasteiger partial charge in [0, 0.05) is 6.61 Å². The van der Waals surface area contributed by atoms with Crippen LogP contribution >= 0.6 is 0 Å². The molecule has 0 spiro atoms. The van der Waals surface area contributed by atoms with Gasteiger partial charge in [0.1, 0.15) is 11.9 Å². The van der Waals surface area contributed by atoms with Crippen LogP contribution in [0, 0.1) is 0 Å². The van der Waals surface area contributed by atoms with Crippen molar-refractivity contribution in [3.05, 3.63) is 29.8 Å². The molecule has 0 amide bonds. The Hall–Kier alpha value is -1.27. The summed E-state index contributed by atoms with van der Waals surface area (Å²) in [5.74, 6) is -0.330. The van der Waals surface area contributed by atoms with E-state index in [1.165, 1.54) is 18.2 Å². The third kappa shape index (κ3) is 3.89. The normalized spacial score (nSPS) is 19.5. The molecule has 1 unspecified atom stereocenters. The van der Waals surface area contributed by atoms with Crippen molar-refractivity contribution >= 4 is 0 Å². The van der Waals surface area contributed by atoms with Gasteiger partial charge in [-0.2, -0.15) is 0 Å². The molecule has 0 aliphatic heterocycles. The highest BCUT2D eigenvalue weighted by Crippen LogP contribution is 2.43. The number of alkyl halides is 3. The minimum atomic E-state index is -4.74. The summed E-state index contributed by atoms with van der Waals surface area (Å²) in [6.45, 7) is 2.30. The lowest BCUT2D eigenvalue weighted by atomic mass is 9.89. The molecule has 0 bridgehead atoms. The van der Waals surface area contributed by atoms with Crippen LogP contribution in [0.3, 0.4) is 0 Å². The number of ether oxygens (including phenoxy) is 2. The minimum absolute atomic E-state index is 0.330. The second-order valence-electron chi connectivity index (χ2n) is 5.23. The van der Waals surface area contributed by atoms with Gasteiger partial charge in [-0.15, -0.1) is 13.2 Å². The number of rotatable bonds is 5. The molecule has 1 aromatic carbocycles. The summed E-state index contributed by atoms with van der Waals surface area (Å²) in [6.07, 6.45) is -2.42. The van der Waals surface area contributed by atoms with Gasteiger partial charge in [-0.3, -0.25) is 0 Å². The number of hydrogen-bond acceptors (Lipinski definition) is 3. The van der Waals surface area contributed by atoms with Gasteiger partial charge < -0.3 is 14.6 Å². The maximum absolute atomic E-state index is 12.3. The number of aliphatic hydroxyl groups is 1. The monoisotopic (exact) mass is 304 g/mol. The SMILES string of the molecule is CCOC1(C(O)c2cccc(OC(F)(F)F)c2)CCCC1. The van der Waals surface area contributed by atoms with Gasteiger partial charge >= 0.3 is 6.36 Å². The van der Waals surface area contributed by atoms with E-state index in [1.54, 1.807) is 6.07 Å². The number of halogens is 3. The van der Waals surface area contributed by atoms with Crippen LogP contribution in [0.25, 0.3) is 0 Å². The van der Waals surface area contributed by atoms with Crippen LogP contribution in [-0.4, -0.2) is 23.7 Å². The van der Waals surface area contributed by atoms with E-state index >= 15 is 0 Å². The predicted octanol–water partition coefficient (Wildman–Crippen LogP) is 3.97. The zero-order valence-corrected chi connectivity index (χ0v) is 11.8. The Morgan fingerprint density at radius 3 is 2.52 bits per heavy atom. The first-order valence-electron chi connectivity index (χ1n) is 7.04. The van der Waals surface area contributed by atoms with Crippen LogP contribution in [0.2, 0.25) is 0 Å². The molecule has 118 valence electrons. The first-order chi connectivity index (χ1) is 9.86. The van der Waals surface area contributed by atoms with E-state index in [2.05, 4.69) is 4.74 Å². The fraction of sp³-hybridized carbons (Fsp3) is 0.600. The summed E-state index contributed by atoms with van der Waals surface area (Å²) >= 11 is 0. The number of hydrogen-bond donors (Lipinski definition) is 1. The summed E-state index contributed by atoms with van der Waals surface area (Å²) in [5, 5.41) is 10.6. The quantitative estimate of drug-likeness (QED) is 0.894. The molecule has 0 saturated heterocycles. The van der Waals surface area contributed by atoms with Gasteiger partial charge in [0.25, 0.3) is 0 Å². The molecule has 1 aliphatic carbocycles. The molecular formula is C15H19F3O3. The second kappa shape index (κ2) is 6.23. The van der Waals surface area contributed by atoms with Gasteiger partial charge in [-0.1, -0.05) is 25.0 Å². The maximum atomic E-state index is 12.3. The van der Waals surface area contributed by atoms with Gasteiger partial charge in [0.05, 0.1) is 5.60 Å². The van der Waals surface area contributed by atoms with Gasteiger partial charge in [-0.05, 0) is 37.5 Å². The lowest BCUT2D eigenvalue weighted by Gasteiger charge is -2.34. The van der Waals surface area contributed by atoms with Crippen LogP contribution in [0.4, 0.5) is 13.2 Å². The smallest absolute Gasteiger partial charge is 0.406 e. The van der Waals surface area contributed by atoms with E-state index in [4.69, 9.17) is 4.74 Å². The summed E-state index contributed by atoms with van der Waals surface area (Å²) in [6, 6.07) is 5.46. The van der Waals surface area contributed by atoms with E-state index in [-0.39, 0.29) is 5.75 Å². The van der Waals surface area contributed by atoms with Crippen molar-refractivity contribution < 1.29 is 27.8 Å². The van der Waals surface area contributed by atoms with Crippen LogP contribution in [0.5, 0.6) is 5.75 Å². The van der Waals surface area contributed by atoms with E-state index in [0.29, 0.717) is 25.0 Å². The average molecular weight is 304 g/mol. The van der Waals surface area contributed by atoms with Crippen molar-refractivity contribution in [1.82, 2.24) is 0 Å². The Bertz CT molecular complexity index is 467. The average Bonchev–Trinajstić information content (AvgIpc) is 2.86. The minimum Gasteiger partial charge on any atom is -0.406 e. The molecule has 0 heterocycles. The molecule has 1 fully saturated rings. The van der Waals surface area contributed by atoms with Crippen molar-refractivity contribution in [2.24, 2.45) is 0 Å². The first kappa shape index (κ1) is 16.1. The van der Waals surface area contributed by atoms with Crippen LogP contribution in [0.1, 0.15) is 44.3 Å². The highest BCUT2D eigenvalue weighted by molar-refractivity contribution is 5.31. The summed E-state index contributed by atoms with van der Waals surface area (Å²) in [4.78, 5) is 0. The van der Waals surface area contributed by atoms with Crippen LogP contribution < -0.4 is 4.74 Å². The Morgan fingerprint density at radius 1 is 1.29 bits per heavy atom. The fourth-order valence-corrected chi connectivity index (χ4v) is 2.94. The summed E-state index contributed by atoms with van der Waals surface area (Å²) < 4.78 is 46.4. The van der Waals surface area contributed by atoms with E-state index in [0.717, 1.165) is 12.8 Å². The standard InChI is InChI=1S/C15H19F3O3/c1-2-20-14(8-3-4-9-14)13(19)11-6-5-7-12(10-11)21-15(16,17)18/h5-7,10,13,19H,2-4,8-9H2,1H3. The molecule has 1 aliphatic rings. The zero-order valence-electron chi connectivity index (χ0n) is 11.8. The molecule has 1 aromatic rings. The highest BCUT2D eigenvalue weighted by Gasteiger charge is 2.42. The van der Waals surface area contributed by atoms with Crippen molar-refractivity contribution in [2.45, 2.75) is 50.7 Å². The Kier molecular flexibility index (Phi) is 4.78. The molecule has 0 aromatic heterocycles. The molecule has 2 rings (SSSR count). The molecule has 21 heavy (non-hydrogen) atoms. The first-order valence-corrected chi connectivity index (χ1v) is 7.04. The van der Waals surface area contributed by atoms with E-state index in [9.17, 15) is 18.3 Å². The number of benzene rings is 1. The lowest BCUT2D eigenvalue weighted by Crippen LogP contribution is -2.36. The second-order valence-corrected chi connectivity index (χ2v) is 5.23. The van der Waals surface area contributed by atoms with Gasteiger partial charge in [-0.25, -0.2) is 0 Å². The zero-order chi connectivity index (χ0) is 15.5. The summed E-state index contributed by atoms with van der Waals surface area (Å²) in [5.41, 5.74) is -0.321. The Balaban J connectivity index is 2.22. The van der Waals surface area contributed by atoms with Crippen LogP contribution in [-0.2, 0) is 4.74 Å². The summed E-state index contributed by atoms with van der Waals surface area (Å²) in [7, 11) is 0. The molecule has 0 radical (unpaired) electrons. The van der Waals surface area contributed by atoms with Crippen molar-refractivity contribution in [3.8, 4) is 5.75 Å². The van der Waals surface area contributed by atoms with Crippen molar-refractivity contribution in [2.75, 3.05) is 6.61 Å². The molecule has 1 atom stereocenters. The van der Waals surface area contributed by atoms with E-state index in [1.807, 2.05) is 6.92 Å². The molecule has 1 saturated carbocycles. The molecule has 6 heteroatoms. The highest BCUT2D eigenvalue weighted by atomic mass is 19.4. The topological polar surface area (TPSA) is 38.7 Å². The fourth-order valence-electron chi connectivity index (χ4n) is 2.94. The maximum Gasteiger partial charge on any atom is 0.573 e. The molecule has 3 nitrogen and oxygen atoms in total. The molecular weight excluding hydrogens is 285 g/mol. The third-order valence-electron chi connectivity index (χ3n) is 3.79. The van der Waals surface area contributed by atoms with Gasteiger partial charge in [0.15, 0.2) is 0 Å². The Labute approximate surface area is 121 Å². The number of aliphatic hydroxyl groups excluding tert-OH is 1. The van der Waals surface area contributed by atoms with E-state index < -0.39 is 18.1 Å². The lowest BCUT2D eigenvalue weighted by molar-refractivity contribution is -0.274. The van der Waals surface area contributed by atoms with Crippen molar-refractivity contribution in [3.63, 3.8) is 0 Å². The van der Waals surface area contributed by atoms with Gasteiger partial charge in [0.2, 0.25) is 0 Å².